The van der Waals surface area contributed by atoms with Crippen LogP contribution in [0.2, 0.25) is 0 Å². The second kappa shape index (κ2) is 7.07. The Morgan fingerprint density at radius 3 is 2.50 bits per heavy atom. The SMILES string of the molecule is Cc1cc(CC(C)C(=O)O)cc(F)c1OCc1ccccc1. The third kappa shape index (κ3) is 4.07. The van der Waals surface area contributed by atoms with Crippen LogP contribution in [-0.2, 0) is 17.8 Å². The molecule has 0 saturated carbocycles. The van der Waals surface area contributed by atoms with Gasteiger partial charge in [-0.3, -0.25) is 4.79 Å². The smallest absolute Gasteiger partial charge is 0.306 e. The summed E-state index contributed by atoms with van der Waals surface area (Å²) in [7, 11) is 0. The maximum absolute atomic E-state index is 14.2. The summed E-state index contributed by atoms with van der Waals surface area (Å²) in [4.78, 5) is 10.9. The number of carboxylic acids is 1. The predicted molar refractivity (Wildman–Crippen MR) is 82.4 cm³/mol. The molecular formula is C18H19FO3. The van der Waals surface area contributed by atoms with Gasteiger partial charge in [-0.1, -0.05) is 43.3 Å². The van der Waals surface area contributed by atoms with E-state index >= 15 is 0 Å². The molecule has 0 amide bonds. The molecule has 0 aliphatic carbocycles. The molecule has 3 nitrogen and oxygen atoms in total. The first kappa shape index (κ1) is 16.0. The first-order chi connectivity index (χ1) is 10.5. The van der Waals surface area contributed by atoms with E-state index in [4.69, 9.17) is 9.84 Å². The summed E-state index contributed by atoms with van der Waals surface area (Å²) in [5, 5.41) is 8.93. The van der Waals surface area contributed by atoms with Crippen LogP contribution in [0.4, 0.5) is 4.39 Å². The van der Waals surface area contributed by atoms with Crippen molar-refractivity contribution in [1.82, 2.24) is 0 Å². The summed E-state index contributed by atoms with van der Waals surface area (Å²) in [6, 6.07) is 12.7. The quantitative estimate of drug-likeness (QED) is 0.878. The van der Waals surface area contributed by atoms with Crippen molar-refractivity contribution in [1.29, 1.82) is 0 Å². The van der Waals surface area contributed by atoms with Gasteiger partial charge in [-0.25, -0.2) is 4.39 Å². The molecule has 1 unspecified atom stereocenters. The monoisotopic (exact) mass is 302 g/mol. The van der Waals surface area contributed by atoms with Crippen molar-refractivity contribution in [2.45, 2.75) is 26.9 Å². The van der Waals surface area contributed by atoms with E-state index in [2.05, 4.69) is 0 Å². The molecule has 0 saturated heterocycles. The van der Waals surface area contributed by atoms with Gasteiger partial charge in [-0.2, -0.15) is 0 Å². The average Bonchev–Trinajstić information content (AvgIpc) is 2.47. The first-order valence-electron chi connectivity index (χ1n) is 7.16. The van der Waals surface area contributed by atoms with Crippen molar-refractivity contribution in [2.75, 3.05) is 0 Å². The molecule has 2 rings (SSSR count). The lowest BCUT2D eigenvalue weighted by atomic mass is 9.99. The highest BCUT2D eigenvalue weighted by atomic mass is 19.1. The molecule has 0 aromatic heterocycles. The molecule has 1 atom stereocenters. The van der Waals surface area contributed by atoms with E-state index in [0.717, 1.165) is 5.56 Å². The number of aliphatic carboxylic acids is 1. The summed E-state index contributed by atoms with van der Waals surface area (Å²) in [6.07, 6.45) is 0.298. The Labute approximate surface area is 129 Å². The largest absolute Gasteiger partial charge is 0.486 e. The fraction of sp³-hybridized carbons (Fsp3) is 0.278. The van der Waals surface area contributed by atoms with Crippen LogP contribution >= 0.6 is 0 Å². The van der Waals surface area contributed by atoms with Crippen molar-refractivity contribution in [3.8, 4) is 5.75 Å². The third-order valence-electron chi connectivity index (χ3n) is 3.48. The Bertz CT molecular complexity index is 630. The Hall–Kier alpha value is -2.36. The van der Waals surface area contributed by atoms with E-state index in [0.29, 0.717) is 24.2 Å². The molecular weight excluding hydrogens is 283 g/mol. The summed E-state index contributed by atoms with van der Waals surface area (Å²) in [5.41, 5.74) is 2.30. The van der Waals surface area contributed by atoms with E-state index in [9.17, 15) is 9.18 Å². The zero-order valence-electron chi connectivity index (χ0n) is 12.7. The topological polar surface area (TPSA) is 46.5 Å². The number of carboxylic acid groups (broad SMARTS) is 1. The molecule has 2 aromatic carbocycles. The molecule has 4 heteroatoms. The number of halogens is 1. The van der Waals surface area contributed by atoms with Crippen molar-refractivity contribution in [3.05, 3.63) is 65.0 Å². The van der Waals surface area contributed by atoms with Crippen molar-refractivity contribution in [2.24, 2.45) is 5.92 Å². The Kier molecular flexibility index (Phi) is 5.15. The number of carbonyl (C=O) groups is 1. The van der Waals surface area contributed by atoms with Gasteiger partial charge in [0.25, 0.3) is 0 Å². The minimum Gasteiger partial charge on any atom is -0.486 e. The predicted octanol–water partition coefficient (Wildman–Crippen LogP) is 3.98. The lowest BCUT2D eigenvalue weighted by Crippen LogP contribution is -2.12. The number of hydrogen-bond donors (Lipinski definition) is 1. The van der Waals surface area contributed by atoms with Gasteiger partial charge in [-0.05, 0) is 36.1 Å². The molecule has 0 aliphatic rings. The highest BCUT2D eigenvalue weighted by Crippen LogP contribution is 2.26. The molecule has 2 aromatic rings. The summed E-state index contributed by atoms with van der Waals surface area (Å²) in [5.74, 6) is -1.67. The second-order valence-electron chi connectivity index (χ2n) is 5.44. The van der Waals surface area contributed by atoms with Gasteiger partial charge in [0.1, 0.15) is 6.61 Å². The van der Waals surface area contributed by atoms with E-state index < -0.39 is 17.7 Å². The third-order valence-corrected chi connectivity index (χ3v) is 3.48. The fourth-order valence-electron chi connectivity index (χ4n) is 2.27. The maximum Gasteiger partial charge on any atom is 0.306 e. The van der Waals surface area contributed by atoms with Crippen LogP contribution in [0.1, 0.15) is 23.6 Å². The van der Waals surface area contributed by atoms with Crippen LogP contribution in [0, 0.1) is 18.7 Å². The lowest BCUT2D eigenvalue weighted by Gasteiger charge is -2.13. The number of aryl methyl sites for hydroxylation is 1. The van der Waals surface area contributed by atoms with E-state index in [1.165, 1.54) is 6.07 Å². The molecule has 0 heterocycles. The maximum atomic E-state index is 14.2. The minimum atomic E-state index is -0.887. The summed E-state index contributed by atoms with van der Waals surface area (Å²) in [6.45, 7) is 3.66. The van der Waals surface area contributed by atoms with E-state index in [1.54, 1.807) is 19.9 Å². The van der Waals surface area contributed by atoms with Gasteiger partial charge in [0.15, 0.2) is 11.6 Å². The molecule has 1 N–H and O–H groups in total. The van der Waals surface area contributed by atoms with E-state index in [1.807, 2.05) is 30.3 Å². The molecule has 0 spiro atoms. The van der Waals surface area contributed by atoms with Gasteiger partial charge in [0.2, 0.25) is 0 Å². The summed E-state index contributed by atoms with van der Waals surface area (Å²) >= 11 is 0. The van der Waals surface area contributed by atoms with Gasteiger partial charge in [0, 0.05) is 0 Å². The van der Waals surface area contributed by atoms with Crippen molar-refractivity contribution >= 4 is 5.97 Å². The molecule has 116 valence electrons. The zero-order chi connectivity index (χ0) is 16.1. The van der Waals surface area contributed by atoms with Crippen molar-refractivity contribution in [3.63, 3.8) is 0 Å². The normalized spacial score (nSPS) is 12.0. The van der Waals surface area contributed by atoms with Crippen LogP contribution in [0.3, 0.4) is 0 Å². The second-order valence-corrected chi connectivity index (χ2v) is 5.44. The van der Waals surface area contributed by atoms with Gasteiger partial charge in [-0.15, -0.1) is 0 Å². The summed E-state index contributed by atoms with van der Waals surface area (Å²) < 4.78 is 19.8. The number of hydrogen-bond acceptors (Lipinski definition) is 2. The Balaban J connectivity index is 2.11. The van der Waals surface area contributed by atoms with Gasteiger partial charge in [0.05, 0.1) is 5.92 Å². The van der Waals surface area contributed by atoms with Crippen LogP contribution in [0.15, 0.2) is 42.5 Å². The molecule has 0 aliphatic heterocycles. The van der Waals surface area contributed by atoms with Crippen LogP contribution < -0.4 is 4.74 Å². The van der Waals surface area contributed by atoms with Crippen LogP contribution in [0.25, 0.3) is 0 Å². The number of ether oxygens (including phenoxy) is 1. The zero-order valence-corrected chi connectivity index (χ0v) is 12.7. The van der Waals surface area contributed by atoms with Gasteiger partial charge < -0.3 is 9.84 Å². The fourth-order valence-corrected chi connectivity index (χ4v) is 2.27. The average molecular weight is 302 g/mol. The van der Waals surface area contributed by atoms with E-state index in [-0.39, 0.29) is 5.75 Å². The van der Waals surface area contributed by atoms with Crippen LogP contribution in [0.5, 0.6) is 5.75 Å². The lowest BCUT2D eigenvalue weighted by molar-refractivity contribution is -0.141. The Morgan fingerprint density at radius 1 is 1.23 bits per heavy atom. The van der Waals surface area contributed by atoms with Gasteiger partial charge >= 0.3 is 5.97 Å². The number of benzene rings is 2. The van der Waals surface area contributed by atoms with Crippen molar-refractivity contribution < 1.29 is 19.0 Å². The standard InChI is InChI=1S/C18H19FO3/c1-12-8-15(9-13(2)18(20)21)10-16(19)17(12)22-11-14-6-4-3-5-7-14/h3-8,10,13H,9,11H2,1-2H3,(H,20,21). The van der Waals surface area contributed by atoms with Crippen LogP contribution in [-0.4, -0.2) is 11.1 Å². The molecule has 22 heavy (non-hydrogen) atoms. The molecule has 0 radical (unpaired) electrons. The number of rotatable bonds is 6. The highest BCUT2D eigenvalue weighted by molar-refractivity contribution is 5.69. The molecule has 0 fully saturated rings. The molecule has 0 bridgehead atoms. The Morgan fingerprint density at radius 2 is 1.91 bits per heavy atom. The minimum absolute atomic E-state index is 0.218. The first-order valence-corrected chi connectivity index (χ1v) is 7.16. The highest BCUT2D eigenvalue weighted by Gasteiger charge is 2.15.